The van der Waals surface area contributed by atoms with Gasteiger partial charge in [-0.15, -0.1) is 0 Å². The molecule has 2 heterocycles. The third-order valence-corrected chi connectivity index (χ3v) is 9.33. The first-order chi connectivity index (χ1) is 24.0. The van der Waals surface area contributed by atoms with Gasteiger partial charge in [0.15, 0.2) is 11.6 Å². The number of para-hydroxylation sites is 3. The van der Waals surface area contributed by atoms with E-state index in [-0.39, 0.29) is 39.4 Å². The molecule has 6 aromatic carbocycles. The largest absolute Gasteiger partial charge is 0.507 e. The molecule has 0 atom stereocenters. The molecule has 0 radical (unpaired) electrons. The summed E-state index contributed by atoms with van der Waals surface area (Å²) in [7, 11) is 0. The van der Waals surface area contributed by atoms with E-state index in [1.807, 2.05) is 94.1 Å². The van der Waals surface area contributed by atoms with Gasteiger partial charge in [0.1, 0.15) is 11.5 Å². The predicted molar refractivity (Wildman–Crippen MR) is 192 cm³/mol. The molecule has 0 fully saturated rings. The fourth-order valence-corrected chi connectivity index (χ4v) is 7.17. The van der Waals surface area contributed by atoms with Crippen LogP contribution in [0.1, 0.15) is 17.7 Å². The molecular formula is C43H26F2N2O2. The third kappa shape index (κ3) is 4.29. The molecule has 2 N–H and O–H groups in total. The van der Waals surface area contributed by atoms with Crippen LogP contribution in [0.25, 0.3) is 72.4 Å². The van der Waals surface area contributed by atoms with Crippen LogP contribution in [0, 0.1) is 23.5 Å². The Bertz CT molecular complexity index is 2700. The summed E-state index contributed by atoms with van der Waals surface area (Å²) >= 11 is 0. The molecule has 0 aliphatic heterocycles. The highest BCUT2D eigenvalue weighted by molar-refractivity contribution is 6.09. The number of allylic oxidation sites excluding steroid dienone is 1. The molecule has 0 saturated heterocycles. The highest BCUT2D eigenvalue weighted by Gasteiger charge is 2.24. The summed E-state index contributed by atoms with van der Waals surface area (Å²) in [5, 5.41) is 25.6. The minimum atomic E-state index is -0.585. The Hall–Kier alpha value is -6.58. The van der Waals surface area contributed by atoms with E-state index < -0.39 is 11.6 Å². The van der Waals surface area contributed by atoms with E-state index in [9.17, 15) is 10.2 Å². The topological polar surface area (TPSA) is 50.3 Å². The van der Waals surface area contributed by atoms with E-state index in [0.717, 1.165) is 44.0 Å². The highest BCUT2D eigenvalue weighted by atomic mass is 19.1. The molecule has 9 rings (SSSR count). The summed E-state index contributed by atoms with van der Waals surface area (Å²) in [6.45, 7) is 0. The lowest BCUT2D eigenvalue weighted by Gasteiger charge is -2.16. The second kappa shape index (κ2) is 11.0. The lowest BCUT2D eigenvalue weighted by molar-refractivity contribution is 0.462. The number of hydrogen-bond acceptors (Lipinski definition) is 2. The second-order valence-corrected chi connectivity index (χ2v) is 12.1. The molecule has 0 unspecified atom stereocenters. The molecule has 49 heavy (non-hydrogen) atoms. The number of rotatable bonds is 4. The monoisotopic (exact) mass is 640 g/mol. The average Bonchev–Trinajstić information content (AvgIpc) is 3.49. The molecule has 2 aromatic heterocycles. The van der Waals surface area contributed by atoms with Gasteiger partial charge >= 0.3 is 0 Å². The number of phenols is 2. The van der Waals surface area contributed by atoms with Crippen molar-refractivity contribution in [2.24, 2.45) is 0 Å². The van der Waals surface area contributed by atoms with Gasteiger partial charge in [0, 0.05) is 44.8 Å². The fraction of sp³-hybridized carbons (Fsp3) is 0.0233. The van der Waals surface area contributed by atoms with Crippen LogP contribution in [0.15, 0.2) is 127 Å². The van der Waals surface area contributed by atoms with Crippen molar-refractivity contribution < 1.29 is 19.0 Å². The standard InChI is InChI=1S/C43H26F2N2O2/c44-42-30(16-10-22-38(42)46-34-18-3-1-2-12-26(34)27-13-4-7-19-35(27)46)32-24-41(49)33(25-40(32)48)31-17-11-23-39(43(31)45)47-36-20-8-5-14-28(36)29-15-6-9-21-37(29)47/h3-11,13-25,48-49H,1H2. The molecule has 0 bridgehead atoms. The zero-order valence-electron chi connectivity index (χ0n) is 26.0. The third-order valence-electron chi connectivity index (χ3n) is 9.33. The van der Waals surface area contributed by atoms with Gasteiger partial charge in [-0.1, -0.05) is 96.8 Å². The van der Waals surface area contributed by atoms with Crippen molar-refractivity contribution in [2.45, 2.75) is 6.42 Å². The maximum Gasteiger partial charge on any atom is 0.155 e. The number of phenolic OH excluding ortho intramolecular Hbond substituents is 2. The van der Waals surface area contributed by atoms with Gasteiger partial charge in [-0.3, -0.25) is 0 Å². The van der Waals surface area contributed by atoms with Crippen LogP contribution in [-0.4, -0.2) is 19.3 Å². The summed E-state index contributed by atoms with van der Waals surface area (Å²) < 4.78 is 36.9. The van der Waals surface area contributed by atoms with Crippen LogP contribution in [0.3, 0.4) is 0 Å². The van der Waals surface area contributed by atoms with Crippen molar-refractivity contribution in [2.75, 3.05) is 0 Å². The number of fused-ring (bicyclic) bond motifs is 6. The van der Waals surface area contributed by atoms with E-state index in [0.29, 0.717) is 12.1 Å². The van der Waals surface area contributed by atoms with Crippen molar-refractivity contribution in [1.82, 2.24) is 9.13 Å². The first-order valence-electron chi connectivity index (χ1n) is 15.9. The Labute approximate surface area is 280 Å². The maximum atomic E-state index is 16.6. The lowest BCUT2D eigenvalue weighted by Crippen LogP contribution is -2.02. The molecule has 0 amide bonds. The quantitative estimate of drug-likeness (QED) is 0.149. The van der Waals surface area contributed by atoms with Gasteiger partial charge in [-0.05, 0) is 48.5 Å². The molecule has 0 spiro atoms. The smallest absolute Gasteiger partial charge is 0.155 e. The Balaban J connectivity index is 1.18. The van der Waals surface area contributed by atoms with Crippen molar-refractivity contribution in [1.29, 1.82) is 0 Å². The first-order valence-corrected chi connectivity index (χ1v) is 15.9. The predicted octanol–water partition coefficient (Wildman–Crippen LogP) is 10.5. The summed E-state index contributed by atoms with van der Waals surface area (Å²) in [6.07, 6.45) is 4.48. The number of halogens is 2. The summed E-state index contributed by atoms with van der Waals surface area (Å²) in [5.74, 6) is 4.63. The number of aromatic nitrogens is 2. The van der Waals surface area contributed by atoms with Crippen LogP contribution < -0.4 is 0 Å². The first kappa shape index (κ1) is 28.6. The zero-order valence-corrected chi connectivity index (χ0v) is 26.0. The Morgan fingerprint density at radius 2 is 1.02 bits per heavy atom. The Morgan fingerprint density at radius 1 is 0.531 bits per heavy atom. The number of benzene rings is 6. The summed E-state index contributed by atoms with van der Waals surface area (Å²) in [6, 6.07) is 35.8. The van der Waals surface area contributed by atoms with Crippen LogP contribution in [0.4, 0.5) is 8.78 Å². The van der Waals surface area contributed by atoms with Gasteiger partial charge in [-0.2, -0.15) is 0 Å². The Kier molecular flexibility index (Phi) is 6.43. The molecule has 1 aliphatic carbocycles. The second-order valence-electron chi connectivity index (χ2n) is 12.1. The van der Waals surface area contributed by atoms with Crippen LogP contribution in [0.2, 0.25) is 0 Å². The Morgan fingerprint density at radius 3 is 1.59 bits per heavy atom. The van der Waals surface area contributed by atoms with Crippen LogP contribution in [0.5, 0.6) is 11.5 Å². The summed E-state index contributed by atoms with van der Waals surface area (Å²) in [5.41, 5.74) is 5.00. The van der Waals surface area contributed by atoms with Crippen molar-refractivity contribution in [3.63, 3.8) is 0 Å². The highest BCUT2D eigenvalue weighted by Crippen LogP contribution is 2.44. The van der Waals surface area contributed by atoms with Gasteiger partial charge in [0.2, 0.25) is 0 Å². The molecule has 234 valence electrons. The minimum absolute atomic E-state index is 0.0810. The molecule has 8 aromatic rings. The van der Waals surface area contributed by atoms with E-state index in [4.69, 9.17) is 0 Å². The van der Waals surface area contributed by atoms with Gasteiger partial charge < -0.3 is 19.3 Å². The van der Waals surface area contributed by atoms with E-state index >= 15 is 8.78 Å². The van der Waals surface area contributed by atoms with Crippen LogP contribution >= 0.6 is 0 Å². The zero-order chi connectivity index (χ0) is 33.2. The van der Waals surface area contributed by atoms with E-state index in [1.54, 1.807) is 36.4 Å². The molecular weight excluding hydrogens is 614 g/mol. The normalized spacial score (nSPS) is 12.3. The minimum Gasteiger partial charge on any atom is -0.507 e. The molecule has 6 heteroatoms. The maximum absolute atomic E-state index is 16.6. The van der Waals surface area contributed by atoms with Gasteiger partial charge in [0.05, 0.1) is 39.2 Å². The van der Waals surface area contributed by atoms with Crippen molar-refractivity contribution >= 4 is 38.8 Å². The molecule has 4 nitrogen and oxygen atoms in total. The van der Waals surface area contributed by atoms with Crippen molar-refractivity contribution in [3.8, 4) is 57.0 Å². The van der Waals surface area contributed by atoms with Gasteiger partial charge in [-0.25, -0.2) is 8.78 Å². The SMILES string of the molecule is Oc1cc(-c2cccc(-n3c4ccccc4c4ccccc43)c2F)c(O)cc1-c1cccc(-n2c3c(c4ccccc42)C#CCC=C3)c1F. The van der Waals surface area contributed by atoms with Crippen LogP contribution in [-0.2, 0) is 0 Å². The average molecular weight is 641 g/mol. The molecule has 0 saturated carbocycles. The van der Waals surface area contributed by atoms with Gasteiger partial charge in [0.25, 0.3) is 0 Å². The van der Waals surface area contributed by atoms with E-state index in [2.05, 4.69) is 11.8 Å². The molecule has 1 aliphatic rings. The number of hydrogen-bond donors (Lipinski definition) is 2. The number of aromatic hydroxyl groups is 2. The number of nitrogens with zero attached hydrogens (tertiary/aromatic N) is 2. The van der Waals surface area contributed by atoms with Crippen molar-refractivity contribution in [3.05, 3.63) is 150 Å². The lowest BCUT2D eigenvalue weighted by atomic mass is 9.96. The fourth-order valence-electron chi connectivity index (χ4n) is 7.17. The summed E-state index contributed by atoms with van der Waals surface area (Å²) in [4.78, 5) is 0. The van der Waals surface area contributed by atoms with E-state index in [1.165, 1.54) is 12.1 Å².